The Kier molecular flexibility index (Phi) is 8.00. The van der Waals surface area contributed by atoms with E-state index < -0.39 is 0 Å². The topological polar surface area (TPSA) is 106 Å². The van der Waals surface area contributed by atoms with E-state index in [1.165, 1.54) is 0 Å². The average molecular weight is 264 g/mol. The molecule has 0 aromatic heterocycles. The van der Waals surface area contributed by atoms with Crippen molar-refractivity contribution in [3.8, 4) is 0 Å². The minimum Gasteiger partial charge on any atom is -0.370 e. The van der Waals surface area contributed by atoms with Crippen molar-refractivity contribution < 1.29 is 0 Å². The van der Waals surface area contributed by atoms with Crippen molar-refractivity contribution in [2.45, 2.75) is 0 Å². The minimum atomic E-state index is 0.0990. The van der Waals surface area contributed by atoms with E-state index in [4.69, 9.17) is 22.3 Å². The summed E-state index contributed by atoms with van der Waals surface area (Å²) >= 11 is 0. The smallest absolute Gasteiger partial charge is 0.188 e. The molecule has 0 rings (SSSR count). The molecule has 0 aromatic rings. The molecule has 0 aliphatic carbocycles. The summed E-state index contributed by atoms with van der Waals surface area (Å²) in [5, 5.41) is 14.3. The van der Waals surface area contributed by atoms with Crippen LogP contribution in [0.1, 0.15) is 0 Å². The maximum absolute atomic E-state index is 7.16. The fourth-order valence-corrected chi connectivity index (χ4v) is 2.79. The fraction of sp³-hybridized carbons (Fsp3) is 0.750. The van der Waals surface area contributed by atoms with E-state index in [9.17, 15) is 0 Å². The van der Waals surface area contributed by atoms with Crippen molar-refractivity contribution in [2.24, 2.45) is 11.5 Å². The summed E-state index contributed by atoms with van der Waals surface area (Å²) in [5.41, 5.74) is 10.6. The zero-order valence-electron chi connectivity index (χ0n) is 9.69. The summed E-state index contributed by atoms with van der Waals surface area (Å²) in [6, 6.07) is 0. The van der Waals surface area contributed by atoms with Gasteiger partial charge in [0, 0.05) is 38.7 Å². The maximum Gasteiger partial charge on any atom is 0.188 e. The van der Waals surface area contributed by atoms with Gasteiger partial charge in [0.25, 0.3) is 0 Å². The molecule has 8 heteroatoms. The van der Waals surface area contributed by atoms with Crippen molar-refractivity contribution in [3.05, 3.63) is 0 Å². The Labute approximate surface area is 105 Å². The molecule has 0 aliphatic heterocycles. The van der Waals surface area contributed by atoms with E-state index in [2.05, 4.69) is 0 Å². The van der Waals surface area contributed by atoms with E-state index >= 15 is 0 Å². The highest BCUT2D eigenvalue weighted by Gasteiger charge is 2.01. The Morgan fingerprint density at radius 1 is 0.938 bits per heavy atom. The van der Waals surface area contributed by atoms with Gasteiger partial charge in [-0.25, -0.2) is 0 Å². The van der Waals surface area contributed by atoms with Crippen molar-refractivity contribution in [1.82, 2.24) is 9.80 Å². The van der Waals surface area contributed by atoms with Crippen molar-refractivity contribution in [1.29, 1.82) is 10.8 Å². The molecule has 0 heterocycles. The van der Waals surface area contributed by atoms with Gasteiger partial charge in [0.1, 0.15) is 0 Å². The second-order valence-electron chi connectivity index (χ2n) is 3.26. The molecule has 0 fully saturated rings. The molecule has 0 saturated heterocycles. The second kappa shape index (κ2) is 8.40. The molecule has 0 unspecified atom stereocenters. The predicted octanol–water partition coefficient (Wildman–Crippen LogP) is 0.0183. The largest absolute Gasteiger partial charge is 0.370 e. The van der Waals surface area contributed by atoms with Gasteiger partial charge in [-0.15, -0.1) is 0 Å². The summed E-state index contributed by atoms with van der Waals surface area (Å²) < 4.78 is 0. The lowest BCUT2D eigenvalue weighted by Crippen LogP contribution is -2.34. The van der Waals surface area contributed by atoms with Gasteiger partial charge in [0.05, 0.1) is 0 Å². The third-order valence-corrected chi connectivity index (χ3v) is 4.29. The first-order chi connectivity index (χ1) is 7.45. The molecule has 6 nitrogen and oxygen atoms in total. The predicted molar refractivity (Wildman–Crippen MR) is 74.0 cm³/mol. The van der Waals surface area contributed by atoms with Crippen LogP contribution in [0.4, 0.5) is 0 Å². The second-order valence-corrected chi connectivity index (χ2v) is 5.96. The highest BCUT2D eigenvalue weighted by Crippen LogP contribution is 2.20. The monoisotopic (exact) mass is 264 g/mol. The van der Waals surface area contributed by atoms with Gasteiger partial charge in [0.15, 0.2) is 11.9 Å². The van der Waals surface area contributed by atoms with Crippen LogP contribution in [0.25, 0.3) is 0 Å². The summed E-state index contributed by atoms with van der Waals surface area (Å²) in [6.45, 7) is 1.55. The third-order valence-electron chi connectivity index (χ3n) is 1.93. The van der Waals surface area contributed by atoms with E-state index in [-0.39, 0.29) is 11.9 Å². The molecule has 94 valence electrons. The van der Waals surface area contributed by atoms with Crippen molar-refractivity contribution in [3.63, 3.8) is 0 Å². The van der Waals surface area contributed by atoms with Gasteiger partial charge in [-0.3, -0.25) is 10.8 Å². The first-order valence-electron chi connectivity index (χ1n) is 4.80. The fourth-order valence-electron chi connectivity index (χ4n) is 0.707. The molecule has 0 spiro atoms. The highest BCUT2D eigenvalue weighted by atomic mass is 33.1. The molecule has 16 heavy (non-hydrogen) atoms. The Balaban J connectivity index is 3.34. The molecular weight excluding hydrogens is 244 g/mol. The van der Waals surface area contributed by atoms with Gasteiger partial charge < -0.3 is 21.3 Å². The summed E-state index contributed by atoms with van der Waals surface area (Å²) in [7, 11) is 7.08. The number of nitrogens with one attached hydrogen (secondary N) is 2. The van der Waals surface area contributed by atoms with Crippen LogP contribution in [0, 0.1) is 10.8 Å². The van der Waals surface area contributed by atoms with E-state index in [0.29, 0.717) is 0 Å². The van der Waals surface area contributed by atoms with Crippen LogP contribution in [-0.2, 0) is 0 Å². The van der Waals surface area contributed by atoms with Crippen LogP contribution >= 0.6 is 21.6 Å². The van der Waals surface area contributed by atoms with Crippen LogP contribution < -0.4 is 11.5 Å². The molecule has 0 aliphatic rings. The molecule has 6 N–H and O–H groups in total. The quantitative estimate of drug-likeness (QED) is 0.223. The average Bonchev–Trinajstić information content (AvgIpc) is 2.21. The molecule has 0 bridgehead atoms. The number of nitrogens with two attached hydrogens (primary N) is 2. The van der Waals surface area contributed by atoms with Crippen LogP contribution in [0.3, 0.4) is 0 Å². The Morgan fingerprint density at radius 2 is 1.25 bits per heavy atom. The van der Waals surface area contributed by atoms with Gasteiger partial charge in [-0.05, 0) is 0 Å². The molecule has 0 saturated carbocycles. The van der Waals surface area contributed by atoms with Crippen molar-refractivity contribution >= 4 is 33.5 Å². The van der Waals surface area contributed by atoms with Gasteiger partial charge in [-0.2, -0.15) is 0 Å². The summed E-state index contributed by atoms with van der Waals surface area (Å²) in [4.78, 5) is 3.41. The van der Waals surface area contributed by atoms with Crippen molar-refractivity contribution in [2.75, 3.05) is 38.7 Å². The van der Waals surface area contributed by atoms with Crippen LogP contribution in [0.5, 0.6) is 0 Å². The van der Waals surface area contributed by atoms with Crippen LogP contribution in [0.15, 0.2) is 0 Å². The lowest BCUT2D eigenvalue weighted by atomic mass is 10.6. The van der Waals surface area contributed by atoms with E-state index in [1.807, 2.05) is 0 Å². The molecule has 0 aromatic carbocycles. The number of rotatable bonds is 7. The zero-order chi connectivity index (χ0) is 12.6. The third kappa shape index (κ3) is 7.52. The van der Waals surface area contributed by atoms with E-state index in [1.54, 1.807) is 45.5 Å². The summed E-state index contributed by atoms with van der Waals surface area (Å²) in [6.07, 6.45) is 0. The number of hydrogen-bond acceptors (Lipinski definition) is 4. The SMILES string of the molecule is CN(CCSSCCN(C)C(=N)N)C(=N)N. The Hall–Kier alpha value is -0.760. The van der Waals surface area contributed by atoms with Gasteiger partial charge >= 0.3 is 0 Å². The highest BCUT2D eigenvalue weighted by molar-refractivity contribution is 8.76. The van der Waals surface area contributed by atoms with Gasteiger partial charge in [0.2, 0.25) is 0 Å². The lowest BCUT2D eigenvalue weighted by Gasteiger charge is -2.17. The Morgan fingerprint density at radius 3 is 1.50 bits per heavy atom. The lowest BCUT2D eigenvalue weighted by molar-refractivity contribution is 0.529. The number of hydrogen-bond donors (Lipinski definition) is 4. The summed E-state index contributed by atoms with van der Waals surface area (Å²) in [5.74, 6) is 2.04. The molecule has 0 amide bonds. The van der Waals surface area contributed by atoms with Crippen LogP contribution in [0.2, 0.25) is 0 Å². The number of nitrogens with zero attached hydrogens (tertiary/aromatic N) is 2. The standard InChI is InChI=1S/C8H20N6S2/c1-13(7(9)10)3-5-15-16-6-4-14(2)8(11)12/h3-6H2,1-2H3,(H3,9,10)(H3,11,12). The number of guanidine groups is 2. The Bertz CT molecular complexity index is 211. The molecular formula is C8H20N6S2. The first-order valence-corrected chi connectivity index (χ1v) is 7.28. The maximum atomic E-state index is 7.16. The van der Waals surface area contributed by atoms with Crippen LogP contribution in [-0.4, -0.2) is 60.4 Å². The molecule has 0 radical (unpaired) electrons. The molecule has 0 atom stereocenters. The normalized spacial score (nSPS) is 9.88. The minimum absolute atomic E-state index is 0.0990. The first kappa shape index (κ1) is 15.2. The van der Waals surface area contributed by atoms with Gasteiger partial charge in [-0.1, -0.05) is 21.6 Å². The zero-order valence-corrected chi connectivity index (χ0v) is 11.3. The van der Waals surface area contributed by atoms with E-state index in [0.717, 1.165) is 24.6 Å².